The summed E-state index contributed by atoms with van der Waals surface area (Å²) in [6.45, 7) is 10.6. The van der Waals surface area contributed by atoms with Gasteiger partial charge in [-0.15, -0.1) is 0 Å². The van der Waals surface area contributed by atoms with Gasteiger partial charge in [0, 0.05) is 5.57 Å². The Hall–Kier alpha value is -3.08. The number of esters is 2. The molecule has 0 N–H and O–H groups in total. The first-order valence-electron chi connectivity index (χ1n) is 8.50. The third kappa shape index (κ3) is 5.20. The molecule has 0 aliphatic carbocycles. The van der Waals surface area contributed by atoms with Gasteiger partial charge in [0.15, 0.2) is 11.5 Å². The van der Waals surface area contributed by atoms with E-state index in [1.807, 2.05) is 18.2 Å². The first-order chi connectivity index (χ1) is 12.6. The SMILES string of the molecule is C=C(C)C(=O)Oc1ccc(-c2ccc(OC(=O)C(C)(C)C)cc2)cc1OC. The Bertz CT molecular complexity index is 857. The third-order valence-corrected chi connectivity index (χ3v) is 3.73. The molecule has 27 heavy (non-hydrogen) atoms. The molecule has 142 valence electrons. The van der Waals surface area contributed by atoms with E-state index in [0.717, 1.165) is 11.1 Å². The maximum atomic E-state index is 12.0. The number of hydrogen-bond acceptors (Lipinski definition) is 5. The maximum absolute atomic E-state index is 12.0. The third-order valence-electron chi connectivity index (χ3n) is 3.73. The van der Waals surface area contributed by atoms with Crippen molar-refractivity contribution in [2.45, 2.75) is 27.7 Å². The maximum Gasteiger partial charge on any atom is 0.338 e. The Morgan fingerprint density at radius 3 is 2.00 bits per heavy atom. The number of ether oxygens (including phenoxy) is 3. The Morgan fingerprint density at radius 1 is 0.889 bits per heavy atom. The quantitative estimate of drug-likeness (QED) is 0.431. The second kappa shape index (κ2) is 8.08. The zero-order valence-corrected chi connectivity index (χ0v) is 16.3. The van der Waals surface area contributed by atoms with Gasteiger partial charge >= 0.3 is 11.9 Å². The highest BCUT2D eigenvalue weighted by Crippen LogP contribution is 2.33. The topological polar surface area (TPSA) is 61.8 Å². The van der Waals surface area contributed by atoms with E-state index in [0.29, 0.717) is 22.8 Å². The van der Waals surface area contributed by atoms with Gasteiger partial charge in [0.25, 0.3) is 0 Å². The fourth-order valence-electron chi connectivity index (χ4n) is 2.09. The Balaban J connectivity index is 2.22. The molecule has 5 nitrogen and oxygen atoms in total. The largest absolute Gasteiger partial charge is 0.493 e. The molecule has 2 aromatic carbocycles. The van der Waals surface area contributed by atoms with Gasteiger partial charge in [-0.05, 0) is 63.1 Å². The van der Waals surface area contributed by atoms with Crippen LogP contribution >= 0.6 is 0 Å². The van der Waals surface area contributed by atoms with Gasteiger partial charge in [-0.3, -0.25) is 4.79 Å². The average Bonchev–Trinajstić information content (AvgIpc) is 2.61. The number of rotatable bonds is 5. The molecular formula is C22H24O5. The molecule has 0 amide bonds. The predicted molar refractivity (Wildman–Crippen MR) is 104 cm³/mol. The first kappa shape index (κ1) is 20.2. The molecule has 0 bridgehead atoms. The molecule has 0 spiro atoms. The van der Waals surface area contributed by atoms with Crippen LogP contribution in [-0.2, 0) is 9.59 Å². The minimum atomic E-state index is -0.566. The van der Waals surface area contributed by atoms with Crippen LogP contribution in [-0.4, -0.2) is 19.0 Å². The monoisotopic (exact) mass is 368 g/mol. The molecule has 0 saturated carbocycles. The number of carbonyl (C=O) groups is 2. The average molecular weight is 368 g/mol. The molecule has 0 atom stereocenters. The lowest BCUT2D eigenvalue weighted by Crippen LogP contribution is -2.25. The lowest BCUT2D eigenvalue weighted by atomic mass is 9.97. The van der Waals surface area contributed by atoms with E-state index in [1.165, 1.54) is 7.11 Å². The molecule has 2 rings (SSSR count). The number of benzene rings is 2. The molecule has 0 aromatic heterocycles. The van der Waals surface area contributed by atoms with Gasteiger partial charge in [0.05, 0.1) is 12.5 Å². The molecule has 0 aliphatic rings. The van der Waals surface area contributed by atoms with Crippen molar-refractivity contribution in [3.63, 3.8) is 0 Å². The van der Waals surface area contributed by atoms with Crippen molar-refractivity contribution in [3.05, 3.63) is 54.6 Å². The normalized spacial score (nSPS) is 10.9. The van der Waals surface area contributed by atoms with Crippen LogP contribution in [0.5, 0.6) is 17.2 Å². The summed E-state index contributed by atoms with van der Waals surface area (Å²) in [5.41, 5.74) is 1.52. The minimum Gasteiger partial charge on any atom is -0.493 e. The van der Waals surface area contributed by atoms with Crippen molar-refractivity contribution >= 4 is 11.9 Å². The molecular weight excluding hydrogens is 344 g/mol. The van der Waals surface area contributed by atoms with Gasteiger partial charge in [0.1, 0.15) is 5.75 Å². The molecule has 0 unspecified atom stereocenters. The van der Waals surface area contributed by atoms with Crippen LogP contribution in [0.15, 0.2) is 54.6 Å². The summed E-state index contributed by atoms with van der Waals surface area (Å²) in [6.07, 6.45) is 0. The lowest BCUT2D eigenvalue weighted by Gasteiger charge is -2.16. The van der Waals surface area contributed by atoms with Gasteiger partial charge in [-0.2, -0.15) is 0 Å². The van der Waals surface area contributed by atoms with Crippen LogP contribution in [0.4, 0.5) is 0 Å². The van der Waals surface area contributed by atoms with E-state index in [4.69, 9.17) is 14.2 Å². The fourth-order valence-corrected chi connectivity index (χ4v) is 2.09. The van der Waals surface area contributed by atoms with Crippen LogP contribution in [0.25, 0.3) is 11.1 Å². The second-order valence-corrected chi connectivity index (χ2v) is 7.20. The van der Waals surface area contributed by atoms with Crippen molar-refractivity contribution in [1.29, 1.82) is 0 Å². The van der Waals surface area contributed by atoms with Gasteiger partial charge in [-0.1, -0.05) is 24.8 Å². The molecule has 0 saturated heterocycles. The Morgan fingerprint density at radius 2 is 1.48 bits per heavy atom. The Kier molecular flexibility index (Phi) is 6.05. The standard InChI is InChI=1S/C22H24O5/c1-14(2)20(23)27-18-12-9-16(13-19(18)25-6)15-7-10-17(11-8-15)26-21(24)22(3,4)5/h7-13H,1H2,2-6H3. The minimum absolute atomic E-state index is 0.291. The van der Waals surface area contributed by atoms with E-state index < -0.39 is 11.4 Å². The summed E-state index contributed by atoms with van der Waals surface area (Å²) < 4.78 is 16.0. The highest BCUT2D eigenvalue weighted by Gasteiger charge is 2.23. The van der Waals surface area contributed by atoms with E-state index >= 15 is 0 Å². The van der Waals surface area contributed by atoms with E-state index in [1.54, 1.807) is 52.0 Å². The van der Waals surface area contributed by atoms with Crippen LogP contribution in [0, 0.1) is 5.41 Å². The number of methoxy groups -OCH3 is 1. The summed E-state index contributed by atoms with van der Waals surface area (Å²) in [4.78, 5) is 23.7. The zero-order valence-electron chi connectivity index (χ0n) is 16.3. The summed E-state index contributed by atoms with van der Waals surface area (Å²) in [6, 6.07) is 12.4. The van der Waals surface area contributed by atoms with E-state index in [-0.39, 0.29) is 5.97 Å². The van der Waals surface area contributed by atoms with Crippen LogP contribution in [0.2, 0.25) is 0 Å². The predicted octanol–water partition coefficient (Wildman–Crippen LogP) is 4.80. The van der Waals surface area contributed by atoms with Crippen molar-refractivity contribution < 1.29 is 23.8 Å². The van der Waals surface area contributed by atoms with Crippen molar-refractivity contribution in [1.82, 2.24) is 0 Å². The van der Waals surface area contributed by atoms with Crippen molar-refractivity contribution in [3.8, 4) is 28.4 Å². The number of hydrogen-bond donors (Lipinski definition) is 0. The molecule has 0 heterocycles. The Labute approximate surface area is 159 Å². The number of carbonyl (C=O) groups excluding carboxylic acids is 2. The molecule has 5 heteroatoms. The molecule has 0 aliphatic heterocycles. The van der Waals surface area contributed by atoms with Crippen molar-refractivity contribution in [2.24, 2.45) is 5.41 Å². The van der Waals surface area contributed by atoms with Crippen LogP contribution in [0.3, 0.4) is 0 Å². The first-order valence-corrected chi connectivity index (χ1v) is 8.50. The van der Waals surface area contributed by atoms with Crippen LogP contribution in [0.1, 0.15) is 27.7 Å². The molecule has 2 aromatic rings. The van der Waals surface area contributed by atoms with E-state index in [9.17, 15) is 9.59 Å². The summed E-state index contributed by atoms with van der Waals surface area (Å²) in [5, 5.41) is 0. The molecule has 0 radical (unpaired) electrons. The van der Waals surface area contributed by atoms with Gasteiger partial charge < -0.3 is 14.2 Å². The lowest BCUT2D eigenvalue weighted by molar-refractivity contribution is -0.143. The highest BCUT2D eigenvalue weighted by molar-refractivity contribution is 5.89. The smallest absolute Gasteiger partial charge is 0.338 e. The van der Waals surface area contributed by atoms with E-state index in [2.05, 4.69) is 6.58 Å². The summed E-state index contributed by atoms with van der Waals surface area (Å²) in [5.74, 6) is 0.444. The van der Waals surface area contributed by atoms with Crippen molar-refractivity contribution in [2.75, 3.05) is 7.11 Å². The summed E-state index contributed by atoms with van der Waals surface area (Å²) >= 11 is 0. The van der Waals surface area contributed by atoms with Gasteiger partial charge in [-0.25, -0.2) is 4.79 Å². The summed E-state index contributed by atoms with van der Waals surface area (Å²) in [7, 11) is 1.51. The molecule has 0 fully saturated rings. The van der Waals surface area contributed by atoms with Gasteiger partial charge in [0.2, 0.25) is 0 Å². The fraction of sp³-hybridized carbons (Fsp3) is 0.273. The van der Waals surface area contributed by atoms with Crippen LogP contribution < -0.4 is 14.2 Å². The second-order valence-electron chi connectivity index (χ2n) is 7.20. The zero-order chi connectivity index (χ0) is 20.2. The highest BCUT2D eigenvalue weighted by atomic mass is 16.6.